The molecule has 0 aliphatic carbocycles. The highest BCUT2D eigenvalue weighted by Gasteiger charge is 2.43. The van der Waals surface area contributed by atoms with Crippen molar-refractivity contribution < 1.29 is 13.6 Å². The maximum absolute atomic E-state index is 13.0. The van der Waals surface area contributed by atoms with Gasteiger partial charge in [0.2, 0.25) is 0 Å². The lowest BCUT2D eigenvalue weighted by molar-refractivity contribution is -0.133. The Labute approximate surface area is 141 Å². The summed E-state index contributed by atoms with van der Waals surface area (Å²) in [5.41, 5.74) is 8.77. The van der Waals surface area contributed by atoms with E-state index in [2.05, 4.69) is 15.2 Å². The normalized spacial score (nSPS) is 16.7. The Kier molecular flexibility index (Phi) is 3.50. The van der Waals surface area contributed by atoms with Crippen LogP contribution in [0.15, 0.2) is 36.7 Å². The molecule has 0 radical (unpaired) electrons. The van der Waals surface area contributed by atoms with Crippen LogP contribution in [-0.4, -0.2) is 45.0 Å². The summed E-state index contributed by atoms with van der Waals surface area (Å²) in [5.74, 6) is -3.18. The van der Waals surface area contributed by atoms with Gasteiger partial charge in [-0.3, -0.25) is 19.8 Å². The number of benzene rings is 1. The van der Waals surface area contributed by atoms with Gasteiger partial charge in [-0.15, -0.1) is 0 Å². The van der Waals surface area contributed by atoms with Crippen LogP contribution in [0.2, 0.25) is 0 Å². The average molecular weight is 343 g/mol. The second-order valence-corrected chi connectivity index (χ2v) is 6.28. The van der Waals surface area contributed by atoms with Gasteiger partial charge in [0.1, 0.15) is 0 Å². The molecular weight excluding hydrogens is 328 g/mol. The van der Waals surface area contributed by atoms with Crippen LogP contribution in [0, 0.1) is 0 Å². The highest BCUT2D eigenvalue weighted by Crippen LogP contribution is 2.29. The van der Waals surface area contributed by atoms with Crippen molar-refractivity contribution in [2.24, 2.45) is 5.73 Å². The first-order valence-corrected chi connectivity index (χ1v) is 7.74. The summed E-state index contributed by atoms with van der Waals surface area (Å²) in [6.45, 7) is -0.0166. The SMILES string of the molecule is NC(=O)c1n[nH]c2ccc(-c3cncc(CN4CC(F)(F)C4)c3)cc12. The zero-order valence-electron chi connectivity index (χ0n) is 13.2. The highest BCUT2D eigenvalue weighted by atomic mass is 19.3. The standard InChI is InChI=1S/C17H15F2N5O/c18-17(19)8-24(9-17)7-10-3-12(6-21-5-10)11-1-2-14-13(4-11)15(16(20)25)23-22-14/h1-6H,7-9H2,(H2,20,25)(H,22,23). The molecule has 2 aromatic heterocycles. The molecule has 0 atom stereocenters. The monoisotopic (exact) mass is 343 g/mol. The van der Waals surface area contributed by atoms with E-state index in [0.29, 0.717) is 17.4 Å². The Hall–Kier alpha value is -2.87. The first-order valence-electron chi connectivity index (χ1n) is 7.74. The Morgan fingerprint density at radius 3 is 2.76 bits per heavy atom. The molecule has 25 heavy (non-hydrogen) atoms. The van der Waals surface area contributed by atoms with Crippen LogP contribution >= 0.6 is 0 Å². The van der Waals surface area contributed by atoms with Gasteiger partial charge < -0.3 is 5.73 Å². The lowest BCUT2D eigenvalue weighted by Gasteiger charge is -2.38. The fourth-order valence-electron chi connectivity index (χ4n) is 3.09. The van der Waals surface area contributed by atoms with Crippen molar-refractivity contribution in [1.29, 1.82) is 0 Å². The third-order valence-corrected chi connectivity index (χ3v) is 4.24. The van der Waals surface area contributed by atoms with E-state index in [4.69, 9.17) is 5.73 Å². The quantitative estimate of drug-likeness (QED) is 0.760. The van der Waals surface area contributed by atoms with Gasteiger partial charge in [-0.05, 0) is 29.3 Å². The third kappa shape index (κ3) is 2.96. The summed E-state index contributed by atoms with van der Waals surface area (Å²) in [6, 6.07) is 7.42. The molecule has 1 fully saturated rings. The molecule has 4 rings (SSSR count). The number of primary amides is 1. The van der Waals surface area contributed by atoms with Crippen molar-refractivity contribution in [1.82, 2.24) is 20.1 Å². The van der Waals surface area contributed by atoms with Crippen molar-refractivity contribution in [3.05, 3.63) is 47.9 Å². The number of fused-ring (bicyclic) bond motifs is 1. The molecule has 0 bridgehead atoms. The number of halogens is 2. The molecule has 0 spiro atoms. The van der Waals surface area contributed by atoms with Gasteiger partial charge in [0.25, 0.3) is 11.8 Å². The van der Waals surface area contributed by atoms with Gasteiger partial charge in [-0.25, -0.2) is 8.78 Å². The van der Waals surface area contributed by atoms with Crippen LogP contribution in [0.3, 0.4) is 0 Å². The van der Waals surface area contributed by atoms with Crippen LogP contribution in [0.4, 0.5) is 8.78 Å². The largest absolute Gasteiger partial charge is 0.364 e. The molecule has 1 saturated heterocycles. The zero-order chi connectivity index (χ0) is 17.6. The van der Waals surface area contributed by atoms with Gasteiger partial charge in [-0.1, -0.05) is 6.07 Å². The molecule has 1 amide bonds. The van der Waals surface area contributed by atoms with E-state index >= 15 is 0 Å². The Morgan fingerprint density at radius 2 is 2.04 bits per heavy atom. The fourth-order valence-corrected chi connectivity index (χ4v) is 3.09. The number of rotatable bonds is 4. The maximum Gasteiger partial charge on any atom is 0.272 e. The summed E-state index contributed by atoms with van der Waals surface area (Å²) in [7, 11) is 0. The van der Waals surface area contributed by atoms with Gasteiger partial charge in [0, 0.05) is 29.9 Å². The van der Waals surface area contributed by atoms with E-state index in [1.54, 1.807) is 17.3 Å². The van der Waals surface area contributed by atoms with Crippen LogP contribution in [0.1, 0.15) is 16.1 Å². The number of nitrogens with two attached hydrogens (primary N) is 1. The minimum atomic E-state index is -2.58. The molecule has 128 valence electrons. The van der Waals surface area contributed by atoms with Gasteiger partial charge in [0.05, 0.1) is 18.6 Å². The van der Waals surface area contributed by atoms with E-state index in [0.717, 1.165) is 16.7 Å². The Balaban J connectivity index is 1.63. The zero-order valence-corrected chi connectivity index (χ0v) is 13.2. The van der Waals surface area contributed by atoms with Crippen molar-refractivity contribution in [3.63, 3.8) is 0 Å². The summed E-state index contributed by atoms with van der Waals surface area (Å²) < 4.78 is 25.9. The number of alkyl halides is 2. The molecular formula is C17H15F2N5O. The van der Waals surface area contributed by atoms with E-state index in [-0.39, 0.29) is 18.8 Å². The number of nitrogens with one attached hydrogen (secondary N) is 1. The van der Waals surface area contributed by atoms with Crippen LogP contribution in [0.25, 0.3) is 22.0 Å². The predicted octanol–water partition coefficient (Wildman–Crippen LogP) is 2.17. The summed E-state index contributed by atoms with van der Waals surface area (Å²) in [4.78, 5) is 17.3. The molecule has 8 heteroatoms. The van der Waals surface area contributed by atoms with Gasteiger partial charge >= 0.3 is 0 Å². The topological polar surface area (TPSA) is 87.9 Å². The number of aromatic nitrogens is 3. The van der Waals surface area contributed by atoms with Crippen molar-refractivity contribution in [2.75, 3.05) is 13.1 Å². The minimum absolute atomic E-state index is 0.184. The number of aromatic amines is 1. The van der Waals surface area contributed by atoms with Gasteiger partial charge in [-0.2, -0.15) is 5.10 Å². The number of amides is 1. The van der Waals surface area contributed by atoms with Crippen LogP contribution in [0.5, 0.6) is 0 Å². The van der Waals surface area contributed by atoms with E-state index in [1.165, 1.54) is 0 Å². The molecule has 3 aromatic rings. The molecule has 1 aromatic carbocycles. The third-order valence-electron chi connectivity index (χ3n) is 4.24. The number of pyridine rings is 1. The summed E-state index contributed by atoms with van der Waals surface area (Å²) >= 11 is 0. The smallest absolute Gasteiger partial charge is 0.272 e. The van der Waals surface area contributed by atoms with Crippen molar-refractivity contribution in [2.45, 2.75) is 12.5 Å². The molecule has 3 heterocycles. The summed E-state index contributed by atoms with van der Waals surface area (Å²) in [5, 5.41) is 7.33. The molecule has 1 aliphatic heterocycles. The fraction of sp³-hybridized carbons (Fsp3) is 0.235. The Morgan fingerprint density at radius 1 is 1.24 bits per heavy atom. The van der Waals surface area contributed by atoms with Crippen molar-refractivity contribution >= 4 is 16.8 Å². The summed E-state index contributed by atoms with van der Waals surface area (Å²) in [6.07, 6.45) is 3.37. The van der Waals surface area contributed by atoms with Gasteiger partial charge in [0.15, 0.2) is 5.69 Å². The second-order valence-electron chi connectivity index (χ2n) is 6.28. The Bertz CT molecular complexity index is 961. The number of carbonyl (C=O) groups is 1. The average Bonchev–Trinajstić information content (AvgIpc) is 2.96. The first-order chi connectivity index (χ1) is 11.9. The van der Waals surface area contributed by atoms with E-state index < -0.39 is 11.8 Å². The van der Waals surface area contributed by atoms with E-state index in [9.17, 15) is 13.6 Å². The van der Waals surface area contributed by atoms with Crippen LogP contribution < -0.4 is 5.73 Å². The van der Waals surface area contributed by atoms with E-state index in [1.807, 2.05) is 24.3 Å². The molecule has 6 nitrogen and oxygen atoms in total. The lowest BCUT2D eigenvalue weighted by Crippen LogP contribution is -2.55. The number of likely N-dealkylation sites (tertiary alicyclic amines) is 1. The van der Waals surface area contributed by atoms with Crippen molar-refractivity contribution in [3.8, 4) is 11.1 Å². The first kappa shape index (κ1) is 15.6. The molecule has 0 saturated carbocycles. The highest BCUT2D eigenvalue weighted by molar-refractivity contribution is 6.04. The maximum atomic E-state index is 13.0. The molecule has 0 unspecified atom stereocenters. The van der Waals surface area contributed by atoms with Crippen LogP contribution in [-0.2, 0) is 6.54 Å². The number of H-pyrrole nitrogens is 1. The number of hydrogen-bond donors (Lipinski definition) is 2. The number of carbonyl (C=O) groups excluding carboxylic acids is 1. The number of nitrogens with zero attached hydrogens (tertiary/aromatic N) is 3. The lowest BCUT2D eigenvalue weighted by atomic mass is 10.0. The molecule has 1 aliphatic rings. The molecule has 3 N–H and O–H groups in total. The minimum Gasteiger partial charge on any atom is -0.364 e. The second kappa shape index (κ2) is 5.59. The predicted molar refractivity (Wildman–Crippen MR) is 88.1 cm³/mol. The number of hydrogen-bond acceptors (Lipinski definition) is 4.